The summed E-state index contributed by atoms with van der Waals surface area (Å²) in [5.41, 5.74) is 0.608. The van der Waals surface area contributed by atoms with Crippen LogP contribution in [0.5, 0.6) is 11.5 Å². The molecule has 18 heavy (non-hydrogen) atoms. The molecule has 0 unspecified atom stereocenters. The largest absolute Gasteiger partial charge is 0.493 e. The Hall–Kier alpha value is -1.82. The molecule has 0 aliphatic carbocycles. The Labute approximate surface area is 112 Å². The van der Waals surface area contributed by atoms with Crippen molar-refractivity contribution in [3.63, 3.8) is 0 Å². The second-order valence-corrected chi connectivity index (χ2v) is 4.15. The van der Waals surface area contributed by atoms with E-state index in [9.17, 15) is 9.59 Å². The molecule has 0 radical (unpaired) electrons. The van der Waals surface area contributed by atoms with Gasteiger partial charge in [0.1, 0.15) is 0 Å². The third-order valence-corrected chi connectivity index (χ3v) is 2.50. The molecule has 1 aromatic rings. The van der Waals surface area contributed by atoms with Crippen LogP contribution in [0.4, 0.5) is 0 Å². The summed E-state index contributed by atoms with van der Waals surface area (Å²) in [4.78, 5) is 21.4. The summed E-state index contributed by atoms with van der Waals surface area (Å²) in [6.45, 7) is 1.28. The lowest BCUT2D eigenvalue weighted by molar-refractivity contribution is -0.132. The monoisotopic (exact) mass is 314 g/mol. The predicted molar refractivity (Wildman–Crippen MR) is 68.7 cm³/mol. The van der Waals surface area contributed by atoms with Crippen LogP contribution in [-0.4, -0.2) is 24.2 Å². The quantitative estimate of drug-likeness (QED) is 0.525. The second-order valence-electron chi connectivity index (χ2n) is 3.30. The van der Waals surface area contributed by atoms with E-state index in [0.29, 0.717) is 15.8 Å². The van der Waals surface area contributed by atoms with Gasteiger partial charge in [-0.1, -0.05) is 0 Å². The van der Waals surface area contributed by atoms with Gasteiger partial charge in [-0.3, -0.25) is 4.79 Å². The lowest BCUT2D eigenvalue weighted by Crippen LogP contribution is -2.04. The number of rotatable bonds is 4. The van der Waals surface area contributed by atoms with E-state index in [-0.39, 0.29) is 5.75 Å². The lowest BCUT2D eigenvalue weighted by atomic mass is 10.2. The number of benzene rings is 1. The van der Waals surface area contributed by atoms with E-state index in [2.05, 4.69) is 15.9 Å². The van der Waals surface area contributed by atoms with E-state index in [1.165, 1.54) is 20.1 Å². The lowest BCUT2D eigenvalue weighted by Gasteiger charge is -2.10. The molecule has 6 heteroatoms. The second kappa shape index (κ2) is 6.20. The highest BCUT2D eigenvalue weighted by molar-refractivity contribution is 9.10. The Kier molecular flexibility index (Phi) is 4.91. The first-order valence-corrected chi connectivity index (χ1v) is 5.70. The van der Waals surface area contributed by atoms with Gasteiger partial charge in [0.25, 0.3) is 0 Å². The van der Waals surface area contributed by atoms with Crippen LogP contribution in [0.2, 0.25) is 0 Å². The standard InChI is InChI=1S/C12H11BrO5/c1-7(14)18-12-9(13)5-8(3-4-11(15)16)6-10(12)17-2/h3-6H,1-2H3,(H,15,16)/b4-3+. The first kappa shape index (κ1) is 14.2. The molecule has 0 spiro atoms. The Balaban J connectivity index is 3.17. The van der Waals surface area contributed by atoms with Crippen LogP contribution in [0.1, 0.15) is 12.5 Å². The van der Waals surface area contributed by atoms with Crippen LogP contribution in [0, 0.1) is 0 Å². The SMILES string of the molecule is COc1cc(/C=C/C(=O)O)cc(Br)c1OC(C)=O. The van der Waals surface area contributed by atoms with E-state index in [1.54, 1.807) is 12.1 Å². The summed E-state index contributed by atoms with van der Waals surface area (Å²) in [5, 5.41) is 8.55. The summed E-state index contributed by atoms with van der Waals surface area (Å²) in [6.07, 6.45) is 2.42. The number of carboxylic acids is 1. The minimum atomic E-state index is -1.05. The topological polar surface area (TPSA) is 72.8 Å². The predicted octanol–water partition coefficient (Wildman–Crippen LogP) is 2.48. The summed E-state index contributed by atoms with van der Waals surface area (Å²) in [6, 6.07) is 3.20. The van der Waals surface area contributed by atoms with Crippen LogP contribution in [-0.2, 0) is 9.59 Å². The zero-order valence-corrected chi connectivity index (χ0v) is 11.4. The number of ether oxygens (including phenoxy) is 2. The van der Waals surface area contributed by atoms with Crippen LogP contribution < -0.4 is 9.47 Å². The van der Waals surface area contributed by atoms with E-state index in [1.807, 2.05) is 0 Å². The Morgan fingerprint density at radius 1 is 1.39 bits per heavy atom. The molecule has 0 fully saturated rings. The number of methoxy groups -OCH3 is 1. The minimum Gasteiger partial charge on any atom is -0.493 e. The fraction of sp³-hybridized carbons (Fsp3) is 0.167. The molecule has 0 saturated carbocycles. The molecule has 5 nitrogen and oxygen atoms in total. The highest BCUT2D eigenvalue weighted by Gasteiger charge is 2.12. The molecule has 0 aliphatic heterocycles. The third kappa shape index (κ3) is 3.89. The molecular weight excluding hydrogens is 304 g/mol. The maximum atomic E-state index is 10.9. The van der Waals surface area contributed by atoms with E-state index >= 15 is 0 Å². The molecule has 0 bridgehead atoms. The van der Waals surface area contributed by atoms with Gasteiger partial charge in [-0.2, -0.15) is 0 Å². The first-order chi connectivity index (χ1) is 8.43. The maximum Gasteiger partial charge on any atom is 0.328 e. The number of aliphatic carboxylic acids is 1. The number of esters is 1. The summed E-state index contributed by atoms with van der Waals surface area (Å²) in [7, 11) is 1.43. The number of hydrogen-bond donors (Lipinski definition) is 1. The van der Waals surface area contributed by atoms with Crippen molar-refractivity contribution in [3.05, 3.63) is 28.2 Å². The van der Waals surface area contributed by atoms with Gasteiger partial charge in [-0.25, -0.2) is 4.79 Å². The van der Waals surface area contributed by atoms with Crippen LogP contribution in [0.15, 0.2) is 22.7 Å². The van der Waals surface area contributed by atoms with Gasteiger partial charge in [-0.05, 0) is 39.7 Å². The smallest absolute Gasteiger partial charge is 0.328 e. The molecule has 96 valence electrons. The zero-order chi connectivity index (χ0) is 13.7. The summed E-state index contributed by atoms with van der Waals surface area (Å²) >= 11 is 3.24. The number of hydrogen-bond acceptors (Lipinski definition) is 4. The summed E-state index contributed by atoms with van der Waals surface area (Å²) in [5.74, 6) is -0.918. The molecular formula is C12H11BrO5. The van der Waals surface area contributed by atoms with Gasteiger partial charge in [-0.15, -0.1) is 0 Å². The average molecular weight is 315 g/mol. The molecule has 0 aliphatic rings. The van der Waals surface area contributed by atoms with Gasteiger partial charge >= 0.3 is 11.9 Å². The van der Waals surface area contributed by atoms with Crippen molar-refractivity contribution < 1.29 is 24.2 Å². The van der Waals surface area contributed by atoms with Crippen molar-refractivity contribution in [2.45, 2.75) is 6.92 Å². The normalized spacial score (nSPS) is 10.4. The molecule has 0 saturated heterocycles. The van der Waals surface area contributed by atoms with Crippen molar-refractivity contribution in [2.24, 2.45) is 0 Å². The van der Waals surface area contributed by atoms with E-state index in [4.69, 9.17) is 14.6 Å². The van der Waals surface area contributed by atoms with Gasteiger partial charge in [0, 0.05) is 13.0 Å². The molecule has 1 N–H and O–H groups in total. The molecule has 0 heterocycles. The van der Waals surface area contributed by atoms with E-state index < -0.39 is 11.9 Å². The zero-order valence-electron chi connectivity index (χ0n) is 9.77. The van der Waals surface area contributed by atoms with Crippen LogP contribution >= 0.6 is 15.9 Å². The first-order valence-electron chi connectivity index (χ1n) is 4.91. The van der Waals surface area contributed by atoms with Crippen molar-refractivity contribution in [1.29, 1.82) is 0 Å². The fourth-order valence-electron chi connectivity index (χ4n) is 1.25. The van der Waals surface area contributed by atoms with Gasteiger partial charge in [0.15, 0.2) is 11.5 Å². The highest BCUT2D eigenvalue weighted by atomic mass is 79.9. The number of carbonyl (C=O) groups is 2. The molecule has 1 rings (SSSR count). The molecule has 1 aromatic carbocycles. The molecule has 0 atom stereocenters. The minimum absolute atomic E-state index is 0.262. The fourth-order valence-corrected chi connectivity index (χ4v) is 1.79. The number of halogens is 1. The maximum absolute atomic E-state index is 10.9. The van der Waals surface area contributed by atoms with Crippen molar-refractivity contribution in [2.75, 3.05) is 7.11 Å². The van der Waals surface area contributed by atoms with Crippen molar-refractivity contribution in [1.82, 2.24) is 0 Å². The van der Waals surface area contributed by atoms with Gasteiger partial charge < -0.3 is 14.6 Å². The Morgan fingerprint density at radius 2 is 2.06 bits per heavy atom. The van der Waals surface area contributed by atoms with Crippen LogP contribution in [0.25, 0.3) is 6.08 Å². The van der Waals surface area contributed by atoms with Gasteiger partial charge in [0.05, 0.1) is 11.6 Å². The van der Waals surface area contributed by atoms with Crippen molar-refractivity contribution >= 4 is 33.9 Å². The van der Waals surface area contributed by atoms with Crippen LogP contribution in [0.3, 0.4) is 0 Å². The molecule has 0 amide bonds. The number of carboxylic acid groups (broad SMARTS) is 1. The number of carbonyl (C=O) groups excluding carboxylic acids is 1. The van der Waals surface area contributed by atoms with Gasteiger partial charge in [0.2, 0.25) is 0 Å². The highest BCUT2D eigenvalue weighted by Crippen LogP contribution is 2.37. The third-order valence-electron chi connectivity index (χ3n) is 1.92. The molecule has 0 aromatic heterocycles. The summed E-state index contributed by atoms with van der Waals surface area (Å²) < 4.78 is 10.6. The Morgan fingerprint density at radius 3 is 2.56 bits per heavy atom. The van der Waals surface area contributed by atoms with E-state index in [0.717, 1.165) is 6.08 Å². The average Bonchev–Trinajstić information content (AvgIpc) is 2.28. The van der Waals surface area contributed by atoms with Crippen molar-refractivity contribution in [3.8, 4) is 11.5 Å². The Bertz CT molecular complexity index is 507.